The molecule has 0 saturated carbocycles. The first-order valence-electron chi connectivity index (χ1n) is 6.24. The van der Waals surface area contributed by atoms with Crippen molar-refractivity contribution in [1.29, 1.82) is 0 Å². The van der Waals surface area contributed by atoms with Crippen LogP contribution >= 0.6 is 11.6 Å². The number of carbonyl (C=O) groups is 2. The van der Waals surface area contributed by atoms with Crippen LogP contribution in [-0.4, -0.2) is 17.4 Å². The molecule has 3 nitrogen and oxygen atoms in total. The number of rotatable bonds is 5. The monoisotopic (exact) mass is 282 g/mol. The zero-order valence-corrected chi connectivity index (χ0v) is 12.3. The summed E-state index contributed by atoms with van der Waals surface area (Å²) in [6.07, 6.45) is 0.736. The van der Waals surface area contributed by atoms with E-state index in [2.05, 4.69) is 0 Å². The van der Waals surface area contributed by atoms with E-state index in [1.54, 1.807) is 26.8 Å². The van der Waals surface area contributed by atoms with E-state index in [1.165, 1.54) is 0 Å². The molecule has 1 aromatic carbocycles. The zero-order chi connectivity index (χ0) is 14.5. The van der Waals surface area contributed by atoms with Crippen LogP contribution in [0.1, 0.15) is 39.2 Å². The topological polar surface area (TPSA) is 43.4 Å². The minimum absolute atomic E-state index is 0.116. The predicted octanol–water partition coefficient (Wildman–Crippen LogP) is 3.57. The van der Waals surface area contributed by atoms with Crippen molar-refractivity contribution in [2.24, 2.45) is 0 Å². The first-order valence-corrected chi connectivity index (χ1v) is 6.62. The molecule has 0 aliphatic rings. The van der Waals surface area contributed by atoms with Gasteiger partial charge in [-0.15, -0.1) is 0 Å². The third kappa shape index (κ3) is 6.97. The molecule has 1 aromatic rings. The summed E-state index contributed by atoms with van der Waals surface area (Å²) in [5.74, 6) is -0.585. The maximum absolute atomic E-state index is 11.7. The van der Waals surface area contributed by atoms with Gasteiger partial charge in [-0.25, -0.2) is 0 Å². The number of Topliss-reactive ketones (excluding diaryl/α,β-unsaturated/α-hetero) is 1. The van der Waals surface area contributed by atoms with Crippen molar-refractivity contribution >= 4 is 23.4 Å². The summed E-state index contributed by atoms with van der Waals surface area (Å²) in [6.45, 7) is 5.34. The Morgan fingerprint density at radius 1 is 1.26 bits per heavy atom. The molecule has 0 heterocycles. The number of hydrogen-bond donors (Lipinski definition) is 0. The molecular formula is C15H19ClO3. The Balaban J connectivity index is 2.38. The van der Waals surface area contributed by atoms with Gasteiger partial charge in [0.25, 0.3) is 0 Å². The minimum atomic E-state index is -0.551. The zero-order valence-electron chi connectivity index (χ0n) is 11.5. The molecular weight excluding hydrogens is 264 g/mol. The molecule has 0 aromatic heterocycles. The fourth-order valence-electron chi connectivity index (χ4n) is 1.60. The van der Waals surface area contributed by atoms with Gasteiger partial charge in [-0.1, -0.05) is 23.7 Å². The van der Waals surface area contributed by atoms with Crippen molar-refractivity contribution in [2.45, 2.75) is 45.6 Å². The van der Waals surface area contributed by atoms with Crippen LogP contribution in [0.3, 0.4) is 0 Å². The number of esters is 1. The molecule has 0 spiro atoms. The highest BCUT2D eigenvalue weighted by molar-refractivity contribution is 6.30. The molecule has 0 amide bonds. The van der Waals surface area contributed by atoms with Gasteiger partial charge in [-0.05, 0) is 44.9 Å². The number of halogens is 1. The van der Waals surface area contributed by atoms with Gasteiger partial charge in [-0.2, -0.15) is 0 Å². The Morgan fingerprint density at radius 2 is 1.95 bits per heavy atom. The van der Waals surface area contributed by atoms with E-state index in [0.717, 1.165) is 5.56 Å². The van der Waals surface area contributed by atoms with Crippen LogP contribution in [-0.2, 0) is 20.7 Å². The minimum Gasteiger partial charge on any atom is -0.460 e. The number of hydrogen-bond acceptors (Lipinski definition) is 3. The number of benzene rings is 1. The number of aryl methyl sites for hydroxylation is 1. The highest BCUT2D eigenvalue weighted by Gasteiger charge is 2.18. The second kappa shape index (κ2) is 6.71. The molecule has 0 saturated heterocycles. The molecule has 19 heavy (non-hydrogen) atoms. The molecule has 0 N–H and O–H groups in total. The van der Waals surface area contributed by atoms with Gasteiger partial charge in [0.15, 0.2) is 0 Å². The van der Waals surface area contributed by atoms with Gasteiger partial charge >= 0.3 is 5.97 Å². The smallest absolute Gasteiger partial charge is 0.313 e. The maximum atomic E-state index is 11.7. The average Bonchev–Trinajstić information content (AvgIpc) is 2.23. The summed E-state index contributed by atoms with van der Waals surface area (Å²) in [5.41, 5.74) is 0.440. The lowest BCUT2D eigenvalue weighted by atomic mass is 10.1. The van der Waals surface area contributed by atoms with Crippen molar-refractivity contribution < 1.29 is 14.3 Å². The van der Waals surface area contributed by atoms with E-state index < -0.39 is 11.6 Å². The van der Waals surface area contributed by atoms with Gasteiger partial charge in [0.1, 0.15) is 17.8 Å². The summed E-state index contributed by atoms with van der Waals surface area (Å²) in [7, 11) is 0. The standard InChI is InChI=1S/C15H19ClO3/c1-15(2,3)19-14(18)10-13(17)8-7-11-5-4-6-12(16)9-11/h4-6,9H,7-8,10H2,1-3H3. The Morgan fingerprint density at radius 3 is 2.53 bits per heavy atom. The van der Waals surface area contributed by atoms with Crippen LogP contribution in [0.25, 0.3) is 0 Å². The SMILES string of the molecule is CC(C)(C)OC(=O)CC(=O)CCc1cccc(Cl)c1. The van der Waals surface area contributed by atoms with Gasteiger partial charge in [-0.3, -0.25) is 9.59 Å². The summed E-state index contributed by atoms with van der Waals surface area (Å²) in [6, 6.07) is 7.36. The molecule has 0 atom stereocenters. The molecule has 0 aliphatic heterocycles. The molecule has 1 rings (SSSR count). The fraction of sp³-hybridized carbons (Fsp3) is 0.467. The molecule has 0 unspecified atom stereocenters. The van der Waals surface area contributed by atoms with Gasteiger partial charge < -0.3 is 4.74 Å². The van der Waals surface area contributed by atoms with E-state index in [1.807, 2.05) is 18.2 Å². The van der Waals surface area contributed by atoms with Crippen LogP contribution in [0, 0.1) is 0 Å². The van der Waals surface area contributed by atoms with Crippen LogP contribution < -0.4 is 0 Å². The lowest BCUT2D eigenvalue weighted by Gasteiger charge is -2.19. The summed E-state index contributed by atoms with van der Waals surface area (Å²) in [4.78, 5) is 23.1. The number of ether oxygens (including phenoxy) is 1. The molecule has 0 radical (unpaired) electrons. The van der Waals surface area contributed by atoms with E-state index in [9.17, 15) is 9.59 Å². The summed E-state index contributed by atoms with van der Waals surface area (Å²) in [5, 5.41) is 0.650. The predicted molar refractivity (Wildman–Crippen MR) is 75.2 cm³/mol. The van der Waals surface area contributed by atoms with Crippen LogP contribution in [0.2, 0.25) is 5.02 Å². The Bertz CT molecular complexity index is 461. The largest absolute Gasteiger partial charge is 0.460 e. The van der Waals surface area contributed by atoms with E-state index >= 15 is 0 Å². The molecule has 0 fully saturated rings. The fourth-order valence-corrected chi connectivity index (χ4v) is 1.82. The Kier molecular flexibility index (Phi) is 5.55. The molecule has 0 bridgehead atoms. The first kappa shape index (κ1) is 15.7. The van der Waals surface area contributed by atoms with Crippen molar-refractivity contribution in [3.63, 3.8) is 0 Å². The summed E-state index contributed by atoms with van der Waals surface area (Å²) < 4.78 is 5.10. The summed E-state index contributed by atoms with van der Waals surface area (Å²) >= 11 is 5.86. The number of ketones is 1. The third-order valence-corrected chi connectivity index (χ3v) is 2.58. The third-order valence-electron chi connectivity index (χ3n) is 2.34. The average molecular weight is 283 g/mol. The van der Waals surface area contributed by atoms with E-state index in [-0.39, 0.29) is 12.2 Å². The van der Waals surface area contributed by atoms with E-state index in [4.69, 9.17) is 16.3 Å². The molecule has 0 aliphatic carbocycles. The second-order valence-electron chi connectivity index (χ2n) is 5.43. The molecule has 4 heteroatoms. The van der Waals surface area contributed by atoms with E-state index in [0.29, 0.717) is 17.9 Å². The van der Waals surface area contributed by atoms with Crippen LogP contribution in [0.4, 0.5) is 0 Å². The van der Waals surface area contributed by atoms with Crippen molar-refractivity contribution in [2.75, 3.05) is 0 Å². The van der Waals surface area contributed by atoms with Crippen molar-refractivity contribution in [3.05, 3.63) is 34.9 Å². The van der Waals surface area contributed by atoms with Gasteiger partial charge in [0, 0.05) is 11.4 Å². The lowest BCUT2D eigenvalue weighted by Crippen LogP contribution is -2.25. The first-order chi connectivity index (χ1) is 8.76. The molecule has 104 valence electrons. The normalized spacial score (nSPS) is 11.2. The second-order valence-corrected chi connectivity index (χ2v) is 5.87. The van der Waals surface area contributed by atoms with Crippen molar-refractivity contribution in [3.8, 4) is 0 Å². The van der Waals surface area contributed by atoms with Crippen molar-refractivity contribution in [1.82, 2.24) is 0 Å². The van der Waals surface area contributed by atoms with Crippen LogP contribution in [0.15, 0.2) is 24.3 Å². The lowest BCUT2D eigenvalue weighted by molar-refractivity contribution is -0.156. The maximum Gasteiger partial charge on any atom is 0.313 e. The Labute approximate surface area is 118 Å². The highest BCUT2D eigenvalue weighted by atomic mass is 35.5. The Hall–Kier alpha value is -1.35. The van der Waals surface area contributed by atoms with Crippen LogP contribution in [0.5, 0.6) is 0 Å². The van der Waals surface area contributed by atoms with Gasteiger partial charge in [0.2, 0.25) is 0 Å². The quantitative estimate of drug-likeness (QED) is 0.612. The van der Waals surface area contributed by atoms with Gasteiger partial charge in [0.05, 0.1) is 0 Å². The number of carbonyl (C=O) groups excluding carboxylic acids is 2. The highest BCUT2D eigenvalue weighted by Crippen LogP contribution is 2.13.